The van der Waals surface area contributed by atoms with Gasteiger partial charge in [-0.25, -0.2) is 18.4 Å². The molecule has 0 saturated heterocycles. The lowest BCUT2D eigenvalue weighted by molar-refractivity contribution is -0.196. The molecular formula is C15H16F2N4O4. The molecule has 3 rings (SSSR count). The van der Waals surface area contributed by atoms with E-state index in [0.717, 1.165) is 0 Å². The molecule has 0 bridgehead atoms. The van der Waals surface area contributed by atoms with E-state index in [1.165, 1.54) is 22.6 Å². The smallest absolute Gasteiger partial charge is 0.299 e. The van der Waals surface area contributed by atoms with Crippen LogP contribution in [0.15, 0.2) is 29.2 Å². The number of halogens is 2. The predicted octanol–water partition coefficient (Wildman–Crippen LogP) is 2.34. The van der Waals surface area contributed by atoms with Crippen LogP contribution in [-0.2, 0) is 4.84 Å². The van der Waals surface area contributed by atoms with Crippen LogP contribution in [0.2, 0.25) is 0 Å². The number of hydroxylamine groups is 1. The minimum atomic E-state index is -2.66. The molecule has 1 fully saturated rings. The number of aromatic nitrogens is 2. The Hall–Kier alpha value is -2.78. The molecule has 0 aromatic carbocycles. The molecule has 1 aliphatic heterocycles. The molecule has 10 heteroatoms. The maximum absolute atomic E-state index is 13.3. The van der Waals surface area contributed by atoms with Crippen molar-refractivity contribution in [3.8, 4) is 0 Å². The molecule has 2 aliphatic rings. The molecular weight excluding hydrogens is 338 g/mol. The second-order valence-electron chi connectivity index (χ2n) is 5.88. The SMILES string of the molecule is O=Cc1nonc1C(=O)N(CC1CCC(F)(F)CC1)N1C=CC=CO1. The van der Waals surface area contributed by atoms with Gasteiger partial charge in [0.05, 0.1) is 6.20 Å². The molecule has 8 nitrogen and oxygen atoms in total. The van der Waals surface area contributed by atoms with Crippen molar-refractivity contribution in [3.05, 3.63) is 36.0 Å². The molecule has 1 amide bonds. The van der Waals surface area contributed by atoms with E-state index in [1.807, 2.05) is 0 Å². The van der Waals surface area contributed by atoms with E-state index in [2.05, 4.69) is 14.9 Å². The second kappa shape index (κ2) is 6.99. The first-order valence-corrected chi connectivity index (χ1v) is 7.77. The van der Waals surface area contributed by atoms with Gasteiger partial charge < -0.3 is 4.84 Å². The van der Waals surface area contributed by atoms with Crippen LogP contribution in [0, 0.1) is 5.92 Å². The zero-order valence-corrected chi connectivity index (χ0v) is 13.2. The van der Waals surface area contributed by atoms with Gasteiger partial charge in [-0.3, -0.25) is 9.59 Å². The van der Waals surface area contributed by atoms with Gasteiger partial charge in [0, 0.05) is 19.4 Å². The number of hydrogen-bond donors (Lipinski definition) is 0. The maximum Gasteiger partial charge on any atom is 0.299 e. The summed E-state index contributed by atoms with van der Waals surface area (Å²) in [5.74, 6) is -3.46. The fourth-order valence-electron chi connectivity index (χ4n) is 2.76. The van der Waals surface area contributed by atoms with E-state index in [9.17, 15) is 18.4 Å². The predicted molar refractivity (Wildman–Crippen MR) is 78.8 cm³/mol. The average molecular weight is 354 g/mol. The number of allylic oxidation sites excluding steroid dienone is 2. The lowest BCUT2D eigenvalue weighted by Gasteiger charge is -2.36. The summed E-state index contributed by atoms with van der Waals surface area (Å²) >= 11 is 0. The zero-order valence-electron chi connectivity index (χ0n) is 13.2. The van der Waals surface area contributed by atoms with Gasteiger partial charge in [-0.1, -0.05) is 0 Å². The van der Waals surface area contributed by atoms with Crippen LogP contribution < -0.4 is 0 Å². The number of rotatable bonds is 5. The van der Waals surface area contributed by atoms with Crippen LogP contribution in [-0.4, -0.2) is 45.2 Å². The number of hydrazine groups is 1. The molecule has 1 aromatic heterocycles. The third kappa shape index (κ3) is 3.83. The van der Waals surface area contributed by atoms with Crippen LogP contribution in [0.4, 0.5) is 8.78 Å². The topological polar surface area (TPSA) is 88.8 Å². The van der Waals surface area contributed by atoms with Crippen molar-refractivity contribution in [3.63, 3.8) is 0 Å². The fraction of sp³-hybridized carbons (Fsp3) is 0.467. The lowest BCUT2D eigenvalue weighted by Crippen LogP contribution is -2.47. The Bertz CT molecular complexity index is 693. The van der Waals surface area contributed by atoms with Gasteiger partial charge in [0.15, 0.2) is 12.0 Å². The van der Waals surface area contributed by atoms with Crippen LogP contribution in [0.5, 0.6) is 0 Å². The van der Waals surface area contributed by atoms with E-state index < -0.39 is 11.8 Å². The summed E-state index contributed by atoms with van der Waals surface area (Å²) in [6, 6.07) is 0. The van der Waals surface area contributed by atoms with Crippen molar-refractivity contribution in [2.45, 2.75) is 31.6 Å². The van der Waals surface area contributed by atoms with E-state index in [0.29, 0.717) is 6.29 Å². The Morgan fingerprint density at radius 2 is 2.12 bits per heavy atom. The van der Waals surface area contributed by atoms with Gasteiger partial charge in [-0.05, 0) is 41.2 Å². The van der Waals surface area contributed by atoms with Crippen LogP contribution >= 0.6 is 0 Å². The number of carbonyl (C=O) groups excluding carboxylic acids is 2. The number of aldehydes is 1. The molecule has 1 aromatic rings. The minimum absolute atomic E-state index is 0.133. The summed E-state index contributed by atoms with van der Waals surface area (Å²) in [6.45, 7) is 0.137. The molecule has 0 N–H and O–H groups in total. The van der Waals surface area contributed by atoms with Gasteiger partial charge in [0.2, 0.25) is 11.6 Å². The van der Waals surface area contributed by atoms with Gasteiger partial charge >= 0.3 is 0 Å². The quantitative estimate of drug-likeness (QED) is 0.750. The van der Waals surface area contributed by atoms with Crippen LogP contribution in [0.25, 0.3) is 0 Å². The van der Waals surface area contributed by atoms with Crippen molar-refractivity contribution in [1.82, 2.24) is 20.5 Å². The normalized spacial score (nSPS) is 19.5. The Morgan fingerprint density at radius 3 is 2.76 bits per heavy atom. The van der Waals surface area contributed by atoms with Crippen LogP contribution in [0.3, 0.4) is 0 Å². The van der Waals surface area contributed by atoms with Crippen molar-refractivity contribution < 1.29 is 27.8 Å². The summed E-state index contributed by atoms with van der Waals surface area (Å²) in [5.41, 5.74) is -0.496. The molecule has 2 heterocycles. The third-order valence-electron chi connectivity index (χ3n) is 4.14. The van der Waals surface area contributed by atoms with E-state index in [4.69, 9.17) is 4.84 Å². The Kier molecular flexibility index (Phi) is 4.77. The molecule has 1 aliphatic carbocycles. The summed E-state index contributed by atoms with van der Waals surface area (Å²) in [6.07, 6.45) is 6.58. The molecule has 1 saturated carbocycles. The summed E-state index contributed by atoms with van der Waals surface area (Å²) in [4.78, 5) is 29.0. The first-order chi connectivity index (χ1) is 12.0. The molecule has 0 radical (unpaired) electrons. The highest BCUT2D eigenvalue weighted by Crippen LogP contribution is 2.36. The second-order valence-corrected chi connectivity index (χ2v) is 5.88. The zero-order chi connectivity index (χ0) is 17.9. The fourth-order valence-corrected chi connectivity index (χ4v) is 2.76. The summed E-state index contributed by atoms with van der Waals surface area (Å²) < 4.78 is 31.1. The van der Waals surface area contributed by atoms with Crippen molar-refractivity contribution in [1.29, 1.82) is 0 Å². The number of nitrogens with zero attached hydrogens (tertiary/aromatic N) is 4. The molecule has 25 heavy (non-hydrogen) atoms. The lowest BCUT2D eigenvalue weighted by atomic mass is 9.86. The summed E-state index contributed by atoms with van der Waals surface area (Å²) in [5, 5.41) is 9.18. The molecule has 134 valence electrons. The Morgan fingerprint density at radius 1 is 1.36 bits per heavy atom. The van der Waals surface area contributed by atoms with E-state index in [-0.39, 0.29) is 49.5 Å². The molecule has 0 unspecified atom stereocenters. The highest BCUT2D eigenvalue weighted by atomic mass is 19.3. The number of carbonyl (C=O) groups is 2. The van der Waals surface area contributed by atoms with E-state index >= 15 is 0 Å². The van der Waals surface area contributed by atoms with Gasteiger partial charge in [0.1, 0.15) is 6.26 Å². The monoisotopic (exact) mass is 354 g/mol. The van der Waals surface area contributed by atoms with Gasteiger partial charge in [0.25, 0.3) is 5.91 Å². The first-order valence-electron chi connectivity index (χ1n) is 7.77. The van der Waals surface area contributed by atoms with Crippen molar-refractivity contribution in [2.24, 2.45) is 5.92 Å². The largest absolute Gasteiger partial charge is 0.367 e. The highest BCUT2D eigenvalue weighted by molar-refractivity contribution is 5.98. The van der Waals surface area contributed by atoms with Crippen molar-refractivity contribution >= 4 is 12.2 Å². The van der Waals surface area contributed by atoms with Gasteiger partial charge in [-0.15, -0.1) is 5.17 Å². The van der Waals surface area contributed by atoms with Crippen LogP contribution in [0.1, 0.15) is 46.7 Å². The van der Waals surface area contributed by atoms with Gasteiger partial charge in [-0.2, -0.15) is 0 Å². The number of amides is 1. The first kappa shape index (κ1) is 17.1. The number of hydrogen-bond acceptors (Lipinski definition) is 7. The minimum Gasteiger partial charge on any atom is -0.367 e. The van der Waals surface area contributed by atoms with E-state index in [1.54, 1.807) is 12.2 Å². The van der Waals surface area contributed by atoms with Crippen molar-refractivity contribution in [2.75, 3.05) is 6.54 Å². The number of alkyl halides is 2. The summed E-state index contributed by atoms with van der Waals surface area (Å²) in [7, 11) is 0. The average Bonchev–Trinajstić information content (AvgIpc) is 3.10. The molecule has 0 spiro atoms. The molecule has 0 atom stereocenters. The third-order valence-corrected chi connectivity index (χ3v) is 4.14. The Balaban J connectivity index is 1.78. The maximum atomic E-state index is 13.3. The Labute approximate surface area is 141 Å². The standard InChI is InChI=1S/C15H16F2N4O4/c16-15(17)5-3-11(4-6-15)9-20(21-7-1-2-8-24-21)14(23)13-12(10-22)18-25-19-13/h1-2,7-8,10-11H,3-6,9H2. The highest BCUT2D eigenvalue weighted by Gasteiger charge is 2.37.